The summed E-state index contributed by atoms with van der Waals surface area (Å²) in [4.78, 5) is 11.8. The third kappa shape index (κ3) is 3.71. The zero-order valence-corrected chi connectivity index (χ0v) is 16.1. The SMILES string of the molecule is CC(=O)N[C@@H]1[C@@H](Oc2cccc3ccccc23)O[C@@H]2COC(C)(C)O[C@H]2[C@H]1O. The fraction of sp³-hybridized carbons (Fsp3) is 0.476. The van der Waals surface area contributed by atoms with Gasteiger partial charge in [-0.25, -0.2) is 0 Å². The van der Waals surface area contributed by atoms with Crippen molar-refractivity contribution in [3.63, 3.8) is 0 Å². The molecule has 150 valence electrons. The van der Waals surface area contributed by atoms with Crippen molar-refractivity contribution < 1.29 is 28.8 Å². The zero-order valence-electron chi connectivity index (χ0n) is 16.1. The van der Waals surface area contributed by atoms with Crippen LogP contribution in [-0.2, 0) is 19.0 Å². The molecule has 0 saturated carbocycles. The summed E-state index contributed by atoms with van der Waals surface area (Å²) < 4.78 is 23.8. The van der Waals surface area contributed by atoms with Crippen LogP contribution in [0, 0.1) is 0 Å². The molecule has 0 aliphatic carbocycles. The van der Waals surface area contributed by atoms with Crippen molar-refractivity contribution in [2.24, 2.45) is 0 Å². The van der Waals surface area contributed by atoms with Gasteiger partial charge in [0.1, 0.15) is 30.1 Å². The van der Waals surface area contributed by atoms with Crippen molar-refractivity contribution in [3.05, 3.63) is 42.5 Å². The zero-order chi connectivity index (χ0) is 19.9. The Kier molecular flexibility index (Phi) is 5.01. The van der Waals surface area contributed by atoms with Crippen LogP contribution in [0.4, 0.5) is 0 Å². The minimum Gasteiger partial charge on any atom is -0.462 e. The third-order valence-corrected chi connectivity index (χ3v) is 5.05. The summed E-state index contributed by atoms with van der Waals surface area (Å²) in [6.07, 6.45) is -3.04. The molecule has 0 radical (unpaired) electrons. The van der Waals surface area contributed by atoms with Crippen LogP contribution in [0.5, 0.6) is 5.75 Å². The molecular formula is C21H25NO6. The molecule has 5 atom stereocenters. The van der Waals surface area contributed by atoms with Crippen LogP contribution in [0.25, 0.3) is 10.8 Å². The van der Waals surface area contributed by atoms with Crippen molar-refractivity contribution >= 4 is 16.7 Å². The molecule has 2 aliphatic heterocycles. The average Bonchev–Trinajstić information content (AvgIpc) is 2.65. The van der Waals surface area contributed by atoms with Gasteiger partial charge in [0.15, 0.2) is 5.79 Å². The first-order valence-electron chi connectivity index (χ1n) is 9.41. The van der Waals surface area contributed by atoms with Crippen molar-refractivity contribution in [1.29, 1.82) is 0 Å². The van der Waals surface area contributed by atoms with E-state index in [0.717, 1.165) is 10.8 Å². The van der Waals surface area contributed by atoms with E-state index in [0.29, 0.717) is 5.75 Å². The van der Waals surface area contributed by atoms with Crippen LogP contribution < -0.4 is 10.1 Å². The van der Waals surface area contributed by atoms with Gasteiger partial charge in [-0.3, -0.25) is 4.79 Å². The van der Waals surface area contributed by atoms with Gasteiger partial charge >= 0.3 is 0 Å². The number of carbonyl (C=O) groups excluding carboxylic acids is 1. The van der Waals surface area contributed by atoms with Crippen LogP contribution >= 0.6 is 0 Å². The molecule has 28 heavy (non-hydrogen) atoms. The number of ether oxygens (including phenoxy) is 4. The molecule has 0 aromatic heterocycles. The molecule has 2 aromatic carbocycles. The Morgan fingerprint density at radius 3 is 2.75 bits per heavy atom. The van der Waals surface area contributed by atoms with Crippen molar-refractivity contribution in [1.82, 2.24) is 5.32 Å². The van der Waals surface area contributed by atoms with Crippen molar-refractivity contribution in [3.8, 4) is 5.75 Å². The number of fused-ring (bicyclic) bond motifs is 2. The van der Waals surface area contributed by atoms with E-state index < -0.39 is 36.4 Å². The highest BCUT2D eigenvalue weighted by Crippen LogP contribution is 2.34. The van der Waals surface area contributed by atoms with E-state index in [9.17, 15) is 9.90 Å². The number of carbonyl (C=O) groups is 1. The first-order valence-corrected chi connectivity index (χ1v) is 9.41. The number of hydrogen-bond donors (Lipinski definition) is 2. The number of hydrogen-bond acceptors (Lipinski definition) is 6. The van der Waals surface area contributed by atoms with E-state index in [1.54, 1.807) is 13.8 Å². The predicted octanol–water partition coefficient (Wildman–Crippen LogP) is 1.96. The van der Waals surface area contributed by atoms with Crippen LogP contribution in [-0.4, -0.2) is 54.1 Å². The molecule has 2 aliphatic rings. The molecule has 4 rings (SSSR count). The molecule has 7 nitrogen and oxygen atoms in total. The van der Waals surface area contributed by atoms with Crippen LogP contribution in [0.1, 0.15) is 20.8 Å². The largest absolute Gasteiger partial charge is 0.462 e. The van der Waals surface area contributed by atoms with E-state index in [2.05, 4.69) is 5.32 Å². The lowest BCUT2D eigenvalue weighted by Gasteiger charge is -2.49. The topological polar surface area (TPSA) is 86.3 Å². The number of benzene rings is 2. The maximum atomic E-state index is 11.8. The van der Waals surface area contributed by atoms with Gasteiger partial charge in [0, 0.05) is 12.3 Å². The van der Waals surface area contributed by atoms with Gasteiger partial charge in [0.2, 0.25) is 12.2 Å². The van der Waals surface area contributed by atoms with Crippen LogP contribution in [0.3, 0.4) is 0 Å². The number of rotatable bonds is 3. The van der Waals surface area contributed by atoms with E-state index >= 15 is 0 Å². The second-order valence-corrected chi connectivity index (χ2v) is 7.65. The molecule has 2 saturated heterocycles. The highest BCUT2D eigenvalue weighted by atomic mass is 16.8. The average molecular weight is 387 g/mol. The van der Waals surface area contributed by atoms with Crippen molar-refractivity contribution in [2.45, 2.75) is 57.2 Å². The minimum absolute atomic E-state index is 0.261. The lowest BCUT2D eigenvalue weighted by atomic mass is 9.95. The molecular weight excluding hydrogens is 362 g/mol. The van der Waals surface area contributed by atoms with Crippen LogP contribution in [0.15, 0.2) is 42.5 Å². The summed E-state index contributed by atoms with van der Waals surface area (Å²) in [5, 5.41) is 15.6. The number of nitrogens with one attached hydrogen (secondary N) is 1. The van der Waals surface area contributed by atoms with E-state index in [1.807, 2.05) is 42.5 Å². The van der Waals surface area contributed by atoms with Gasteiger partial charge in [0.25, 0.3) is 0 Å². The van der Waals surface area contributed by atoms with Gasteiger partial charge in [-0.05, 0) is 25.3 Å². The Labute approximate surface area is 163 Å². The fourth-order valence-electron chi connectivity index (χ4n) is 3.76. The van der Waals surface area contributed by atoms with E-state index in [4.69, 9.17) is 18.9 Å². The molecule has 2 fully saturated rings. The molecule has 2 N–H and O–H groups in total. The first kappa shape index (κ1) is 19.1. The lowest BCUT2D eigenvalue weighted by Crippen LogP contribution is -2.69. The number of aliphatic hydroxyl groups is 1. The molecule has 1 amide bonds. The molecule has 7 heteroatoms. The Morgan fingerprint density at radius 2 is 1.96 bits per heavy atom. The van der Waals surface area contributed by atoms with Crippen LogP contribution in [0.2, 0.25) is 0 Å². The first-order chi connectivity index (χ1) is 13.3. The second kappa shape index (κ2) is 7.33. The summed E-state index contributed by atoms with van der Waals surface area (Å²) in [5.74, 6) is -0.513. The van der Waals surface area contributed by atoms with Crippen molar-refractivity contribution in [2.75, 3.05) is 6.61 Å². The highest BCUT2D eigenvalue weighted by Gasteiger charge is 2.52. The maximum Gasteiger partial charge on any atom is 0.223 e. The number of aliphatic hydroxyl groups excluding tert-OH is 1. The minimum atomic E-state index is -1.01. The van der Waals surface area contributed by atoms with Gasteiger partial charge < -0.3 is 29.4 Å². The van der Waals surface area contributed by atoms with E-state index in [-0.39, 0.29) is 12.5 Å². The third-order valence-electron chi connectivity index (χ3n) is 5.05. The Bertz CT molecular complexity index is 864. The normalized spacial score (nSPS) is 31.8. The monoisotopic (exact) mass is 387 g/mol. The highest BCUT2D eigenvalue weighted by molar-refractivity contribution is 5.88. The Morgan fingerprint density at radius 1 is 1.21 bits per heavy atom. The summed E-state index contributed by atoms with van der Waals surface area (Å²) in [7, 11) is 0. The van der Waals surface area contributed by atoms with E-state index in [1.165, 1.54) is 6.92 Å². The molecule has 2 aromatic rings. The Hall–Kier alpha value is -2.19. The molecule has 2 heterocycles. The fourth-order valence-corrected chi connectivity index (χ4v) is 3.76. The summed E-state index contributed by atoms with van der Waals surface area (Å²) in [5.41, 5.74) is 0. The Balaban J connectivity index is 1.63. The van der Waals surface area contributed by atoms with Gasteiger partial charge in [-0.1, -0.05) is 36.4 Å². The summed E-state index contributed by atoms with van der Waals surface area (Å²) in [6, 6.07) is 12.8. The van der Waals surface area contributed by atoms with Gasteiger partial charge in [0.05, 0.1) is 6.61 Å². The smallest absolute Gasteiger partial charge is 0.223 e. The maximum absolute atomic E-state index is 11.8. The quantitative estimate of drug-likeness (QED) is 0.837. The molecule has 0 bridgehead atoms. The molecule has 0 spiro atoms. The van der Waals surface area contributed by atoms with Gasteiger partial charge in [-0.15, -0.1) is 0 Å². The summed E-state index contributed by atoms with van der Waals surface area (Å²) >= 11 is 0. The lowest BCUT2D eigenvalue weighted by molar-refractivity contribution is -0.361. The number of amides is 1. The predicted molar refractivity (Wildman–Crippen MR) is 102 cm³/mol. The second-order valence-electron chi connectivity index (χ2n) is 7.65. The summed E-state index contributed by atoms with van der Waals surface area (Å²) in [6.45, 7) is 5.21. The standard InChI is InChI=1S/C21H25NO6/c1-12(23)22-17-18(24)19-16(11-25-21(2,3)28-19)27-20(17)26-15-10-6-8-13-7-4-5-9-14(13)15/h4-10,16-20,24H,11H2,1-3H3,(H,22,23)/t16-,17+,18+,19-,20+/m1/s1. The van der Waals surface area contributed by atoms with Gasteiger partial charge in [-0.2, -0.15) is 0 Å². The molecule has 0 unspecified atom stereocenters.